The third-order valence-corrected chi connectivity index (χ3v) is 2.83. The Bertz CT molecular complexity index is 477. The molecule has 4 nitrogen and oxygen atoms in total. The molecule has 18 heavy (non-hydrogen) atoms. The third kappa shape index (κ3) is 2.71. The number of fused-ring (bicyclic) bond motifs is 1. The molecule has 4 heteroatoms. The van der Waals surface area contributed by atoms with Gasteiger partial charge in [-0.25, -0.2) is 4.79 Å². The fourth-order valence-electron chi connectivity index (χ4n) is 1.91. The summed E-state index contributed by atoms with van der Waals surface area (Å²) in [5.41, 5.74) is 2.82. The number of benzene rings is 1. The lowest BCUT2D eigenvalue weighted by atomic mass is 10.1. The summed E-state index contributed by atoms with van der Waals surface area (Å²) < 4.78 is 15.2. The van der Waals surface area contributed by atoms with Gasteiger partial charge in [0.15, 0.2) is 0 Å². The second kappa shape index (κ2) is 5.69. The number of ether oxygens (including phenoxy) is 3. The van der Waals surface area contributed by atoms with Crippen molar-refractivity contribution in [3.8, 4) is 5.75 Å². The van der Waals surface area contributed by atoms with Gasteiger partial charge in [-0.15, -0.1) is 0 Å². The van der Waals surface area contributed by atoms with Crippen LogP contribution in [0.1, 0.15) is 11.1 Å². The van der Waals surface area contributed by atoms with Crippen LogP contribution in [0.4, 0.5) is 0 Å². The van der Waals surface area contributed by atoms with Gasteiger partial charge in [-0.1, -0.05) is 6.07 Å². The van der Waals surface area contributed by atoms with E-state index in [-0.39, 0.29) is 5.97 Å². The van der Waals surface area contributed by atoms with Gasteiger partial charge in [0.05, 0.1) is 13.7 Å². The molecule has 0 amide bonds. The van der Waals surface area contributed by atoms with Gasteiger partial charge in [-0.05, 0) is 29.3 Å². The maximum atomic E-state index is 11.4. The lowest BCUT2D eigenvalue weighted by molar-refractivity contribution is -0.136. The highest BCUT2D eigenvalue weighted by atomic mass is 16.5. The fourth-order valence-corrected chi connectivity index (χ4v) is 1.91. The molecule has 0 saturated carbocycles. The molecule has 2 rings (SSSR count). The number of esters is 1. The van der Waals surface area contributed by atoms with E-state index >= 15 is 0 Å². The van der Waals surface area contributed by atoms with Crippen molar-refractivity contribution in [2.24, 2.45) is 0 Å². The van der Waals surface area contributed by atoms with Crippen LogP contribution >= 0.6 is 0 Å². The zero-order valence-corrected chi connectivity index (χ0v) is 10.6. The summed E-state index contributed by atoms with van der Waals surface area (Å²) in [5, 5.41) is 0. The molecule has 0 atom stereocenters. The molecular formula is C14H16O4. The predicted octanol–water partition coefficient (Wildman–Crippen LogP) is 1.82. The summed E-state index contributed by atoms with van der Waals surface area (Å²) in [6, 6.07) is 5.80. The van der Waals surface area contributed by atoms with E-state index in [2.05, 4.69) is 0 Å². The molecule has 0 unspecified atom stereocenters. The first-order chi connectivity index (χ1) is 8.74. The second-order valence-electron chi connectivity index (χ2n) is 4.04. The number of carbonyl (C=O) groups is 1. The van der Waals surface area contributed by atoms with Crippen molar-refractivity contribution in [1.29, 1.82) is 0 Å². The van der Waals surface area contributed by atoms with Gasteiger partial charge in [0.25, 0.3) is 0 Å². The monoisotopic (exact) mass is 248 g/mol. The van der Waals surface area contributed by atoms with Crippen LogP contribution in [0.15, 0.2) is 23.8 Å². The summed E-state index contributed by atoms with van der Waals surface area (Å²) in [5.74, 6) is 0.526. The highest BCUT2D eigenvalue weighted by Crippen LogP contribution is 2.28. The van der Waals surface area contributed by atoms with Crippen LogP contribution < -0.4 is 4.74 Å². The van der Waals surface area contributed by atoms with Crippen molar-refractivity contribution in [2.45, 2.75) is 6.42 Å². The van der Waals surface area contributed by atoms with E-state index in [1.165, 1.54) is 7.11 Å². The van der Waals surface area contributed by atoms with Crippen molar-refractivity contribution in [1.82, 2.24) is 0 Å². The second-order valence-corrected chi connectivity index (χ2v) is 4.04. The summed E-state index contributed by atoms with van der Waals surface area (Å²) in [4.78, 5) is 11.4. The van der Waals surface area contributed by atoms with E-state index in [0.717, 1.165) is 16.9 Å². The first-order valence-corrected chi connectivity index (χ1v) is 5.78. The molecule has 0 saturated heterocycles. The number of hydrogen-bond donors (Lipinski definition) is 0. The first kappa shape index (κ1) is 12.6. The highest BCUT2D eigenvalue weighted by Gasteiger charge is 2.19. The molecule has 0 bridgehead atoms. The van der Waals surface area contributed by atoms with E-state index in [1.807, 2.05) is 24.3 Å². The number of rotatable bonds is 5. The quantitative estimate of drug-likeness (QED) is 0.589. The van der Waals surface area contributed by atoms with E-state index in [0.29, 0.717) is 25.2 Å². The summed E-state index contributed by atoms with van der Waals surface area (Å²) >= 11 is 0. The Kier molecular flexibility index (Phi) is 3.99. The molecule has 0 radical (unpaired) electrons. The third-order valence-electron chi connectivity index (χ3n) is 2.83. The van der Waals surface area contributed by atoms with Crippen LogP contribution in [-0.4, -0.2) is 33.4 Å². The zero-order chi connectivity index (χ0) is 13.0. The van der Waals surface area contributed by atoms with Gasteiger partial charge < -0.3 is 14.2 Å². The van der Waals surface area contributed by atoms with E-state index in [9.17, 15) is 4.79 Å². The lowest BCUT2D eigenvalue weighted by Crippen LogP contribution is -2.05. The molecule has 1 aromatic carbocycles. The zero-order valence-electron chi connectivity index (χ0n) is 10.6. The SMILES string of the molecule is COCCOc1ccc2c(c1)CC(C(=O)OC)=C2. The van der Waals surface area contributed by atoms with Crippen LogP contribution in [0.2, 0.25) is 0 Å². The van der Waals surface area contributed by atoms with Gasteiger partial charge in [-0.2, -0.15) is 0 Å². The average molecular weight is 248 g/mol. The highest BCUT2D eigenvalue weighted by molar-refractivity contribution is 5.96. The number of hydrogen-bond acceptors (Lipinski definition) is 4. The van der Waals surface area contributed by atoms with Crippen LogP contribution in [0.3, 0.4) is 0 Å². The Morgan fingerprint density at radius 1 is 1.28 bits per heavy atom. The molecule has 0 aliphatic heterocycles. The van der Waals surface area contributed by atoms with Crippen LogP contribution in [0.5, 0.6) is 5.75 Å². The summed E-state index contributed by atoms with van der Waals surface area (Å²) in [6.45, 7) is 1.08. The Labute approximate surface area is 106 Å². The van der Waals surface area contributed by atoms with Gasteiger partial charge in [0.2, 0.25) is 0 Å². The molecule has 0 heterocycles. The molecule has 96 valence electrons. The predicted molar refractivity (Wildman–Crippen MR) is 67.5 cm³/mol. The van der Waals surface area contributed by atoms with Crippen LogP contribution in [0, 0.1) is 0 Å². The molecule has 0 spiro atoms. The van der Waals surface area contributed by atoms with Gasteiger partial charge in [0, 0.05) is 19.1 Å². The van der Waals surface area contributed by atoms with Crippen molar-refractivity contribution < 1.29 is 19.0 Å². The van der Waals surface area contributed by atoms with E-state index in [4.69, 9.17) is 14.2 Å². The smallest absolute Gasteiger partial charge is 0.334 e. The first-order valence-electron chi connectivity index (χ1n) is 5.78. The molecule has 0 N–H and O–H groups in total. The molecule has 0 aromatic heterocycles. The van der Waals surface area contributed by atoms with E-state index in [1.54, 1.807) is 7.11 Å². The standard InChI is InChI=1S/C14H16O4/c1-16-5-6-18-13-4-3-10-7-12(14(15)17-2)8-11(10)9-13/h3-4,7,9H,5-6,8H2,1-2H3. The maximum absolute atomic E-state index is 11.4. The minimum atomic E-state index is -0.270. The molecule has 1 aliphatic carbocycles. The Balaban J connectivity index is 2.05. The summed E-state index contributed by atoms with van der Waals surface area (Å²) in [7, 11) is 3.03. The molecule has 0 fully saturated rings. The molecule has 1 aromatic rings. The summed E-state index contributed by atoms with van der Waals surface area (Å²) in [6.07, 6.45) is 2.46. The Morgan fingerprint density at radius 3 is 2.83 bits per heavy atom. The Hall–Kier alpha value is -1.81. The minimum absolute atomic E-state index is 0.270. The van der Waals surface area contributed by atoms with Gasteiger partial charge in [-0.3, -0.25) is 0 Å². The molecular weight excluding hydrogens is 232 g/mol. The largest absolute Gasteiger partial charge is 0.491 e. The van der Waals surface area contributed by atoms with Crippen molar-refractivity contribution >= 4 is 12.0 Å². The minimum Gasteiger partial charge on any atom is -0.491 e. The van der Waals surface area contributed by atoms with Crippen molar-refractivity contribution in [2.75, 3.05) is 27.4 Å². The Morgan fingerprint density at radius 2 is 2.11 bits per heavy atom. The van der Waals surface area contributed by atoms with Crippen molar-refractivity contribution in [3.05, 3.63) is 34.9 Å². The number of methoxy groups -OCH3 is 2. The fraction of sp³-hybridized carbons (Fsp3) is 0.357. The van der Waals surface area contributed by atoms with Crippen molar-refractivity contribution in [3.63, 3.8) is 0 Å². The van der Waals surface area contributed by atoms with Crippen LogP contribution in [-0.2, 0) is 20.7 Å². The van der Waals surface area contributed by atoms with Gasteiger partial charge in [0.1, 0.15) is 12.4 Å². The molecule has 1 aliphatic rings. The van der Waals surface area contributed by atoms with Gasteiger partial charge >= 0.3 is 5.97 Å². The average Bonchev–Trinajstić information content (AvgIpc) is 2.81. The number of carbonyl (C=O) groups excluding carboxylic acids is 1. The lowest BCUT2D eigenvalue weighted by Gasteiger charge is -2.07. The normalized spacial score (nSPS) is 12.9. The van der Waals surface area contributed by atoms with Crippen LogP contribution in [0.25, 0.3) is 6.08 Å². The van der Waals surface area contributed by atoms with E-state index < -0.39 is 0 Å². The maximum Gasteiger partial charge on any atom is 0.334 e. The topological polar surface area (TPSA) is 44.8 Å².